The van der Waals surface area contributed by atoms with Gasteiger partial charge in [-0.3, -0.25) is 4.79 Å². The molecule has 0 bridgehead atoms. The van der Waals surface area contributed by atoms with Crippen molar-refractivity contribution < 1.29 is 4.79 Å². The highest BCUT2D eigenvalue weighted by atomic mass is 16.2. The van der Waals surface area contributed by atoms with Crippen LogP contribution in [0.4, 0.5) is 0 Å². The number of likely N-dealkylation sites (N-methyl/N-ethyl adjacent to an activating group) is 1. The fourth-order valence-electron chi connectivity index (χ4n) is 2.96. The Hall–Kier alpha value is -1.35. The molecule has 0 radical (unpaired) electrons. The Kier molecular flexibility index (Phi) is 4.59. The van der Waals surface area contributed by atoms with E-state index in [0.29, 0.717) is 12.0 Å². The van der Waals surface area contributed by atoms with Gasteiger partial charge >= 0.3 is 0 Å². The van der Waals surface area contributed by atoms with E-state index < -0.39 is 6.04 Å². The van der Waals surface area contributed by atoms with Crippen LogP contribution in [0.2, 0.25) is 0 Å². The lowest BCUT2D eigenvalue weighted by molar-refractivity contribution is -0.134. The molecular weight excluding hydrogens is 236 g/mol. The number of nitrogens with two attached hydrogens (primary N) is 1. The predicted octanol–water partition coefficient (Wildman–Crippen LogP) is 2.72. The molecule has 0 aliphatic heterocycles. The van der Waals surface area contributed by atoms with E-state index in [1.54, 1.807) is 0 Å². The highest BCUT2D eigenvalue weighted by Gasteiger charge is 2.28. The van der Waals surface area contributed by atoms with Crippen LogP contribution in [0.25, 0.3) is 0 Å². The summed E-state index contributed by atoms with van der Waals surface area (Å²) in [6.45, 7) is 2.27. The number of nitrogens with zero attached hydrogens (tertiary/aromatic N) is 1. The maximum absolute atomic E-state index is 12.5. The van der Waals surface area contributed by atoms with E-state index in [4.69, 9.17) is 5.73 Å². The fourth-order valence-corrected chi connectivity index (χ4v) is 2.96. The van der Waals surface area contributed by atoms with Crippen molar-refractivity contribution in [1.82, 2.24) is 4.90 Å². The molecule has 1 fully saturated rings. The summed E-state index contributed by atoms with van der Waals surface area (Å²) in [4.78, 5) is 14.3. The number of carbonyl (C=O) groups is 1. The van der Waals surface area contributed by atoms with Crippen molar-refractivity contribution in [3.05, 3.63) is 35.9 Å². The van der Waals surface area contributed by atoms with Crippen LogP contribution in [0.15, 0.2) is 30.3 Å². The van der Waals surface area contributed by atoms with Gasteiger partial charge in [0.05, 0.1) is 0 Å². The van der Waals surface area contributed by atoms with Gasteiger partial charge in [0.25, 0.3) is 0 Å². The van der Waals surface area contributed by atoms with Crippen molar-refractivity contribution in [3.8, 4) is 0 Å². The topological polar surface area (TPSA) is 46.3 Å². The normalized spacial score (nSPS) is 24.8. The third kappa shape index (κ3) is 3.35. The first-order valence-electron chi connectivity index (χ1n) is 7.16. The van der Waals surface area contributed by atoms with Gasteiger partial charge in [0.1, 0.15) is 6.04 Å². The van der Waals surface area contributed by atoms with Crippen LogP contribution in [-0.4, -0.2) is 23.9 Å². The first kappa shape index (κ1) is 14.1. The molecule has 0 heterocycles. The molecule has 104 valence electrons. The second-order valence-corrected chi connectivity index (χ2v) is 5.76. The highest BCUT2D eigenvalue weighted by Crippen LogP contribution is 2.27. The Morgan fingerprint density at radius 2 is 2.00 bits per heavy atom. The number of carbonyl (C=O) groups excluding carboxylic acids is 1. The lowest BCUT2D eigenvalue weighted by Gasteiger charge is -2.35. The van der Waals surface area contributed by atoms with Crippen molar-refractivity contribution in [2.24, 2.45) is 11.7 Å². The van der Waals surface area contributed by atoms with Gasteiger partial charge in [-0.2, -0.15) is 0 Å². The first-order valence-corrected chi connectivity index (χ1v) is 7.16. The minimum atomic E-state index is -0.538. The van der Waals surface area contributed by atoms with Crippen molar-refractivity contribution in [1.29, 1.82) is 0 Å². The van der Waals surface area contributed by atoms with Gasteiger partial charge in [0.2, 0.25) is 5.91 Å². The maximum Gasteiger partial charge on any atom is 0.244 e. The molecule has 2 unspecified atom stereocenters. The molecule has 0 saturated heterocycles. The Balaban J connectivity index is 2.02. The Morgan fingerprint density at radius 3 is 2.63 bits per heavy atom. The van der Waals surface area contributed by atoms with Crippen molar-refractivity contribution >= 4 is 5.91 Å². The first-order chi connectivity index (χ1) is 9.09. The summed E-state index contributed by atoms with van der Waals surface area (Å²) in [5.41, 5.74) is 6.98. The van der Waals surface area contributed by atoms with Crippen LogP contribution in [0.3, 0.4) is 0 Å². The summed E-state index contributed by atoms with van der Waals surface area (Å²) in [5, 5.41) is 0. The zero-order chi connectivity index (χ0) is 13.8. The summed E-state index contributed by atoms with van der Waals surface area (Å²) in [5.74, 6) is 0.743. The quantitative estimate of drug-likeness (QED) is 0.908. The summed E-state index contributed by atoms with van der Waals surface area (Å²) in [6.07, 6.45) is 4.70. The minimum Gasteiger partial charge on any atom is -0.341 e. The van der Waals surface area contributed by atoms with E-state index in [1.807, 2.05) is 42.3 Å². The SMILES string of the molecule is CC1CCCC(N(C)C(=O)[C@H](N)c2ccccc2)C1. The number of amides is 1. The molecule has 0 aromatic heterocycles. The van der Waals surface area contributed by atoms with Crippen LogP contribution < -0.4 is 5.73 Å². The molecule has 2 rings (SSSR count). The molecule has 2 N–H and O–H groups in total. The zero-order valence-corrected chi connectivity index (χ0v) is 11.9. The predicted molar refractivity (Wildman–Crippen MR) is 77.6 cm³/mol. The Bertz CT molecular complexity index is 418. The minimum absolute atomic E-state index is 0.0327. The standard InChI is InChI=1S/C16H24N2O/c1-12-7-6-10-14(11-12)18(2)16(19)15(17)13-8-4-3-5-9-13/h3-5,8-9,12,14-15H,6-7,10-11,17H2,1-2H3/t12?,14?,15-/m1/s1. The molecule has 1 amide bonds. The molecule has 3 nitrogen and oxygen atoms in total. The van der Waals surface area contributed by atoms with Crippen LogP contribution in [0, 0.1) is 5.92 Å². The van der Waals surface area contributed by atoms with Crippen LogP contribution in [0.1, 0.15) is 44.2 Å². The molecule has 1 aromatic carbocycles. The van der Waals surface area contributed by atoms with Crippen molar-refractivity contribution in [2.45, 2.75) is 44.7 Å². The molecule has 1 aromatic rings. The van der Waals surface area contributed by atoms with Gasteiger partial charge in [-0.1, -0.05) is 50.1 Å². The zero-order valence-electron chi connectivity index (χ0n) is 11.9. The number of rotatable bonds is 3. The molecule has 3 atom stereocenters. The summed E-state index contributed by atoms with van der Waals surface area (Å²) in [6, 6.07) is 9.43. The molecule has 1 saturated carbocycles. The molecule has 19 heavy (non-hydrogen) atoms. The van der Waals surface area contributed by atoms with Crippen LogP contribution >= 0.6 is 0 Å². The smallest absolute Gasteiger partial charge is 0.244 e. The van der Waals surface area contributed by atoms with Gasteiger partial charge in [0.15, 0.2) is 0 Å². The molecule has 0 spiro atoms. The molecule has 3 heteroatoms. The number of benzene rings is 1. The van der Waals surface area contributed by atoms with E-state index in [-0.39, 0.29) is 5.91 Å². The maximum atomic E-state index is 12.5. The van der Waals surface area contributed by atoms with Gasteiger partial charge < -0.3 is 10.6 Å². The molecule has 1 aliphatic rings. The van der Waals surface area contributed by atoms with E-state index in [1.165, 1.54) is 12.8 Å². The Labute approximate surface area is 115 Å². The monoisotopic (exact) mass is 260 g/mol. The third-order valence-corrected chi connectivity index (χ3v) is 4.23. The van der Waals surface area contributed by atoms with E-state index in [2.05, 4.69) is 6.92 Å². The van der Waals surface area contributed by atoms with Gasteiger partial charge in [-0.05, 0) is 24.3 Å². The number of hydrogen-bond acceptors (Lipinski definition) is 2. The van der Waals surface area contributed by atoms with Gasteiger partial charge in [-0.25, -0.2) is 0 Å². The second kappa shape index (κ2) is 6.20. The third-order valence-electron chi connectivity index (χ3n) is 4.23. The molecule has 1 aliphatic carbocycles. The van der Waals surface area contributed by atoms with Crippen molar-refractivity contribution in [3.63, 3.8) is 0 Å². The Morgan fingerprint density at radius 1 is 1.32 bits per heavy atom. The van der Waals surface area contributed by atoms with Gasteiger partial charge in [-0.15, -0.1) is 0 Å². The highest BCUT2D eigenvalue weighted by molar-refractivity contribution is 5.83. The largest absolute Gasteiger partial charge is 0.341 e. The molecular formula is C16H24N2O. The van der Waals surface area contributed by atoms with Crippen LogP contribution in [0.5, 0.6) is 0 Å². The lowest BCUT2D eigenvalue weighted by atomic mass is 9.86. The van der Waals surface area contributed by atoms with E-state index >= 15 is 0 Å². The second-order valence-electron chi connectivity index (χ2n) is 5.76. The fraction of sp³-hybridized carbons (Fsp3) is 0.562. The lowest BCUT2D eigenvalue weighted by Crippen LogP contribution is -2.44. The van der Waals surface area contributed by atoms with E-state index in [0.717, 1.165) is 18.4 Å². The van der Waals surface area contributed by atoms with Crippen molar-refractivity contribution in [2.75, 3.05) is 7.05 Å². The summed E-state index contributed by atoms with van der Waals surface area (Å²) < 4.78 is 0. The summed E-state index contributed by atoms with van der Waals surface area (Å²) >= 11 is 0. The van der Waals surface area contributed by atoms with Crippen LogP contribution in [-0.2, 0) is 4.79 Å². The number of hydrogen-bond donors (Lipinski definition) is 1. The summed E-state index contributed by atoms with van der Waals surface area (Å²) in [7, 11) is 1.90. The average Bonchev–Trinajstić information content (AvgIpc) is 2.46. The van der Waals surface area contributed by atoms with Gasteiger partial charge in [0, 0.05) is 13.1 Å². The average molecular weight is 260 g/mol. The van der Waals surface area contributed by atoms with E-state index in [9.17, 15) is 4.79 Å².